The zero-order chi connectivity index (χ0) is 21.7. The molecule has 3 aliphatic heterocycles. The van der Waals surface area contributed by atoms with Crippen molar-refractivity contribution in [2.24, 2.45) is 4.99 Å². The summed E-state index contributed by atoms with van der Waals surface area (Å²) < 4.78 is 44.3. The Labute approximate surface area is 203 Å². The smallest absolute Gasteiger partial charge is 0.416 e. The van der Waals surface area contributed by atoms with E-state index in [0.717, 1.165) is 57.2 Å². The highest BCUT2D eigenvalue weighted by Crippen LogP contribution is 2.29. The minimum absolute atomic E-state index is 0. The first kappa shape index (κ1) is 24.8. The molecule has 1 atom stereocenters. The molecule has 0 radical (unpaired) electrons. The number of fused-ring (bicyclic) bond motifs is 3. The Bertz CT molecular complexity index is 867. The van der Waals surface area contributed by atoms with Crippen molar-refractivity contribution in [1.82, 2.24) is 20.4 Å². The number of nitrogens with zero attached hydrogens (tertiary/aromatic N) is 3. The van der Waals surface area contributed by atoms with Gasteiger partial charge in [-0.25, -0.2) is 4.99 Å². The minimum Gasteiger partial charge on any atom is -0.469 e. The number of aliphatic imine (C=N–C) groups is 1. The minimum atomic E-state index is -4.35. The average Bonchev–Trinajstić information content (AvgIpc) is 3.29. The van der Waals surface area contributed by atoms with E-state index in [1.807, 2.05) is 12.1 Å². The van der Waals surface area contributed by atoms with E-state index in [-0.39, 0.29) is 30.5 Å². The summed E-state index contributed by atoms with van der Waals surface area (Å²) >= 11 is 0. The van der Waals surface area contributed by atoms with Crippen molar-refractivity contribution in [2.45, 2.75) is 25.2 Å². The second-order valence-electron chi connectivity index (χ2n) is 7.99. The normalized spacial score (nSPS) is 23.0. The van der Waals surface area contributed by atoms with Crippen molar-refractivity contribution in [3.63, 3.8) is 0 Å². The second-order valence-corrected chi connectivity index (χ2v) is 7.99. The summed E-state index contributed by atoms with van der Waals surface area (Å²) in [6.07, 6.45) is -2.02. The lowest BCUT2D eigenvalue weighted by molar-refractivity contribution is -0.137. The van der Waals surface area contributed by atoms with Crippen molar-refractivity contribution in [1.29, 1.82) is 0 Å². The summed E-state index contributed by atoms with van der Waals surface area (Å²) in [6.45, 7) is 6.95. The fourth-order valence-corrected chi connectivity index (χ4v) is 4.08. The van der Waals surface area contributed by atoms with Gasteiger partial charge in [-0.05, 0) is 29.8 Å². The Hall–Kier alpha value is -1.79. The van der Waals surface area contributed by atoms with Gasteiger partial charge in [0.25, 0.3) is 0 Å². The fraction of sp³-hybridized carbons (Fsp3) is 0.500. The van der Waals surface area contributed by atoms with Gasteiger partial charge in [-0.15, -0.1) is 24.0 Å². The van der Waals surface area contributed by atoms with Gasteiger partial charge in [0, 0.05) is 58.3 Å². The molecule has 3 fully saturated rings. The quantitative estimate of drug-likeness (QED) is 0.308. The second kappa shape index (κ2) is 11.4. The zero-order valence-corrected chi connectivity index (χ0v) is 20.1. The molecule has 4 heterocycles. The highest BCUT2D eigenvalue weighted by Gasteiger charge is 2.32. The molecule has 0 aliphatic carbocycles. The number of hydrogen-bond acceptors (Lipinski definition) is 4. The van der Waals surface area contributed by atoms with Crippen LogP contribution in [0.15, 0.2) is 52.1 Å². The van der Waals surface area contributed by atoms with Crippen LogP contribution in [0.25, 0.3) is 0 Å². The number of benzene rings is 1. The molecule has 176 valence electrons. The van der Waals surface area contributed by atoms with Crippen LogP contribution in [0.4, 0.5) is 13.2 Å². The van der Waals surface area contributed by atoms with Crippen molar-refractivity contribution in [3.05, 3.63) is 59.5 Å². The lowest BCUT2D eigenvalue weighted by atomic mass is 10.1. The summed E-state index contributed by atoms with van der Waals surface area (Å²) in [5, 5.41) is 6.67. The van der Waals surface area contributed by atoms with E-state index in [1.54, 1.807) is 12.3 Å². The lowest BCUT2D eigenvalue weighted by Crippen LogP contribution is -2.63. The summed E-state index contributed by atoms with van der Waals surface area (Å²) in [5.74, 6) is 1.47. The van der Waals surface area contributed by atoms with Gasteiger partial charge in [-0.3, -0.25) is 9.80 Å². The number of hydrogen-bond donors (Lipinski definition) is 2. The molecule has 0 spiro atoms. The molecule has 1 unspecified atom stereocenters. The Morgan fingerprint density at radius 2 is 1.91 bits per heavy atom. The molecule has 1 aromatic carbocycles. The Morgan fingerprint density at radius 1 is 1.09 bits per heavy atom. The molecule has 6 nitrogen and oxygen atoms in total. The van der Waals surface area contributed by atoms with Gasteiger partial charge in [0.05, 0.1) is 18.4 Å². The number of furan rings is 1. The van der Waals surface area contributed by atoms with Crippen LogP contribution in [0.1, 0.15) is 16.9 Å². The summed E-state index contributed by atoms with van der Waals surface area (Å²) in [7, 11) is 0. The van der Waals surface area contributed by atoms with Gasteiger partial charge < -0.3 is 15.1 Å². The molecule has 0 amide bonds. The van der Waals surface area contributed by atoms with Crippen molar-refractivity contribution in [2.75, 3.05) is 45.8 Å². The fourth-order valence-electron chi connectivity index (χ4n) is 4.08. The van der Waals surface area contributed by atoms with Crippen LogP contribution in [0, 0.1) is 0 Å². The van der Waals surface area contributed by atoms with E-state index in [0.29, 0.717) is 30.5 Å². The molecule has 2 bridgehead atoms. The Balaban J connectivity index is 0.00000289. The topological polar surface area (TPSA) is 56.0 Å². The van der Waals surface area contributed by atoms with Crippen LogP contribution < -0.4 is 10.6 Å². The maximum absolute atomic E-state index is 13.0. The predicted octanol–water partition coefficient (Wildman–Crippen LogP) is 3.19. The molecule has 3 aliphatic rings. The molecule has 2 N–H and O–H groups in total. The van der Waals surface area contributed by atoms with Crippen LogP contribution in [-0.2, 0) is 19.1 Å². The Kier molecular flexibility index (Phi) is 8.83. The molecule has 10 heteroatoms. The number of rotatable bonds is 7. The molecule has 32 heavy (non-hydrogen) atoms. The van der Waals surface area contributed by atoms with Crippen molar-refractivity contribution < 1.29 is 17.6 Å². The van der Waals surface area contributed by atoms with Crippen LogP contribution in [0.2, 0.25) is 0 Å². The molecule has 0 saturated carbocycles. The van der Waals surface area contributed by atoms with Gasteiger partial charge in [0.1, 0.15) is 5.76 Å². The van der Waals surface area contributed by atoms with Gasteiger partial charge in [0.15, 0.2) is 5.96 Å². The van der Waals surface area contributed by atoms with Crippen LogP contribution in [-0.4, -0.2) is 67.6 Å². The largest absolute Gasteiger partial charge is 0.469 e. The molecule has 2 aromatic rings. The first-order chi connectivity index (χ1) is 15.0. The van der Waals surface area contributed by atoms with Crippen LogP contribution in [0.3, 0.4) is 0 Å². The third-order valence-electron chi connectivity index (χ3n) is 5.82. The molecular formula is C22H29F3IN5O. The number of halogens is 4. The average molecular weight is 563 g/mol. The van der Waals surface area contributed by atoms with E-state index < -0.39 is 11.7 Å². The number of piperazine rings is 3. The van der Waals surface area contributed by atoms with E-state index >= 15 is 0 Å². The summed E-state index contributed by atoms with van der Waals surface area (Å²) in [5.41, 5.74) is -0.130. The molecular weight excluding hydrogens is 534 g/mol. The number of nitrogens with one attached hydrogen (secondary N) is 2. The monoisotopic (exact) mass is 563 g/mol. The van der Waals surface area contributed by atoms with E-state index in [4.69, 9.17) is 4.42 Å². The Morgan fingerprint density at radius 3 is 2.56 bits per heavy atom. The van der Waals surface area contributed by atoms with Crippen molar-refractivity contribution in [3.8, 4) is 0 Å². The lowest BCUT2D eigenvalue weighted by Gasteiger charge is -2.47. The van der Waals surface area contributed by atoms with Gasteiger partial charge in [0.2, 0.25) is 0 Å². The third-order valence-corrected chi connectivity index (χ3v) is 5.82. The standard InChI is InChI=1S/C22H28F3N5O.HI/c23-22(24,25)18-4-1-3-17(13-18)14-27-21(26-7-6-20-5-2-12-31-20)28-15-19-16-29-8-10-30(19)11-9-29;/h1-5,12-13,19H,6-11,14-16H2,(H2,26,27,28);1H. The van der Waals surface area contributed by atoms with E-state index in [1.165, 1.54) is 6.07 Å². The highest BCUT2D eigenvalue weighted by molar-refractivity contribution is 14.0. The molecule has 1 aromatic heterocycles. The highest BCUT2D eigenvalue weighted by atomic mass is 127. The van der Waals surface area contributed by atoms with Crippen LogP contribution in [0.5, 0.6) is 0 Å². The van der Waals surface area contributed by atoms with Gasteiger partial charge in [-0.2, -0.15) is 13.2 Å². The van der Waals surface area contributed by atoms with Gasteiger partial charge in [-0.1, -0.05) is 12.1 Å². The summed E-state index contributed by atoms with van der Waals surface area (Å²) in [6, 6.07) is 9.49. The zero-order valence-electron chi connectivity index (χ0n) is 17.8. The number of alkyl halides is 3. The summed E-state index contributed by atoms with van der Waals surface area (Å²) in [4.78, 5) is 9.50. The first-order valence-corrected chi connectivity index (χ1v) is 10.6. The van der Waals surface area contributed by atoms with E-state index in [9.17, 15) is 13.2 Å². The van der Waals surface area contributed by atoms with Crippen molar-refractivity contribution >= 4 is 29.9 Å². The van der Waals surface area contributed by atoms with E-state index in [2.05, 4.69) is 25.4 Å². The third kappa shape index (κ3) is 6.85. The molecule has 5 rings (SSSR count). The molecule has 3 saturated heterocycles. The maximum atomic E-state index is 13.0. The predicted molar refractivity (Wildman–Crippen MR) is 128 cm³/mol. The maximum Gasteiger partial charge on any atom is 0.416 e. The number of guanidine groups is 1. The SMILES string of the molecule is FC(F)(F)c1cccc(CN=C(NCCc2ccco2)NCC2CN3CCN2CC3)c1.I. The van der Waals surface area contributed by atoms with Gasteiger partial charge >= 0.3 is 6.18 Å². The van der Waals surface area contributed by atoms with Crippen LogP contribution >= 0.6 is 24.0 Å². The first-order valence-electron chi connectivity index (χ1n) is 10.6.